The molecule has 1 aliphatic carbocycles. The predicted molar refractivity (Wildman–Crippen MR) is 89.6 cm³/mol. The molecule has 1 aromatic rings. The van der Waals surface area contributed by atoms with Crippen molar-refractivity contribution >= 4 is 15.9 Å². The molecule has 0 aromatic heterocycles. The highest BCUT2D eigenvalue weighted by molar-refractivity contribution is 9.10. The average molecular weight is 370 g/mol. The standard InChI is InChI=1S/C17H24BrNO3/c18-15-9-14(10-16-17(15)22-8-2-7-21-16)11-19-5-1-6-20-12-13-3-4-13/h9-10,13,19H,1-8,11-12H2. The Kier molecular flexibility index (Phi) is 5.98. The van der Waals surface area contributed by atoms with Crippen LogP contribution in [0.2, 0.25) is 0 Å². The summed E-state index contributed by atoms with van der Waals surface area (Å²) in [5, 5.41) is 3.46. The van der Waals surface area contributed by atoms with Crippen molar-refractivity contribution in [3.63, 3.8) is 0 Å². The summed E-state index contributed by atoms with van der Waals surface area (Å²) in [6, 6.07) is 4.17. The van der Waals surface area contributed by atoms with Crippen molar-refractivity contribution < 1.29 is 14.2 Å². The summed E-state index contributed by atoms with van der Waals surface area (Å²) >= 11 is 3.58. The Morgan fingerprint density at radius 2 is 2.09 bits per heavy atom. The first-order chi connectivity index (χ1) is 10.8. The number of ether oxygens (including phenoxy) is 3. The molecule has 0 radical (unpaired) electrons. The van der Waals surface area contributed by atoms with Crippen molar-refractivity contribution in [2.45, 2.75) is 32.2 Å². The molecular weight excluding hydrogens is 346 g/mol. The number of halogens is 1. The van der Waals surface area contributed by atoms with Crippen LogP contribution in [0.5, 0.6) is 11.5 Å². The molecule has 0 saturated heterocycles. The molecule has 2 aliphatic rings. The van der Waals surface area contributed by atoms with E-state index in [4.69, 9.17) is 14.2 Å². The molecule has 1 aliphatic heterocycles. The number of nitrogens with one attached hydrogen (secondary N) is 1. The van der Waals surface area contributed by atoms with E-state index in [9.17, 15) is 0 Å². The molecule has 0 atom stereocenters. The zero-order valence-electron chi connectivity index (χ0n) is 12.9. The van der Waals surface area contributed by atoms with Gasteiger partial charge in [0.15, 0.2) is 11.5 Å². The molecule has 1 aromatic carbocycles. The van der Waals surface area contributed by atoms with Crippen LogP contribution in [-0.4, -0.2) is 33.0 Å². The molecule has 5 heteroatoms. The third kappa shape index (κ3) is 4.86. The topological polar surface area (TPSA) is 39.7 Å². The number of hydrogen-bond donors (Lipinski definition) is 1. The van der Waals surface area contributed by atoms with Crippen molar-refractivity contribution in [1.29, 1.82) is 0 Å². The molecule has 1 heterocycles. The van der Waals surface area contributed by atoms with Crippen molar-refractivity contribution in [3.8, 4) is 11.5 Å². The average Bonchev–Trinajstić information content (AvgIpc) is 3.32. The van der Waals surface area contributed by atoms with Gasteiger partial charge >= 0.3 is 0 Å². The van der Waals surface area contributed by atoms with Crippen LogP contribution in [0.1, 0.15) is 31.2 Å². The third-order valence-corrected chi connectivity index (χ3v) is 4.47. The zero-order chi connectivity index (χ0) is 15.2. The van der Waals surface area contributed by atoms with Crippen LogP contribution in [0.4, 0.5) is 0 Å². The summed E-state index contributed by atoms with van der Waals surface area (Å²) in [6.45, 7) is 5.04. The van der Waals surface area contributed by atoms with Gasteiger partial charge in [0.25, 0.3) is 0 Å². The largest absolute Gasteiger partial charge is 0.490 e. The van der Waals surface area contributed by atoms with Gasteiger partial charge in [-0.05, 0) is 65.4 Å². The van der Waals surface area contributed by atoms with Crippen molar-refractivity contribution in [2.75, 3.05) is 33.0 Å². The first-order valence-electron chi connectivity index (χ1n) is 8.19. The van der Waals surface area contributed by atoms with Gasteiger partial charge in [-0.1, -0.05) is 0 Å². The Morgan fingerprint density at radius 1 is 1.23 bits per heavy atom. The zero-order valence-corrected chi connectivity index (χ0v) is 14.5. The number of hydrogen-bond acceptors (Lipinski definition) is 4. The molecule has 122 valence electrons. The molecule has 0 spiro atoms. The maximum atomic E-state index is 5.75. The van der Waals surface area contributed by atoms with Crippen LogP contribution in [0, 0.1) is 5.92 Å². The Balaban J connectivity index is 1.40. The number of benzene rings is 1. The predicted octanol–water partition coefficient (Wildman–Crippen LogP) is 3.52. The maximum Gasteiger partial charge on any atom is 0.175 e. The molecule has 1 N–H and O–H groups in total. The molecule has 1 saturated carbocycles. The Morgan fingerprint density at radius 3 is 2.95 bits per heavy atom. The van der Waals surface area contributed by atoms with Crippen LogP contribution in [0.15, 0.2) is 16.6 Å². The van der Waals surface area contributed by atoms with E-state index in [2.05, 4.69) is 33.4 Å². The summed E-state index contributed by atoms with van der Waals surface area (Å²) in [6.07, 6.45) is 4.70. The van der Waals surface area contributed by atoms with E-state index in [0.717, 1.165) is 61.0 Å². The van der Waals surface area contributed by atoms with Crippen LogP contribution in [-0.2, 0) is 11.3 Å². The smallest absolute Gasteiger partial charge is 0.175 e. The molecule has 0 bridgehead atoms. The number of rotatable bonds is 8. The number of fused-ring (bicyclic) bond motifs is 1. The van der Waals surface area contributed by atoms with Crippen molar-refractivity contribution in [2.24, 2.45) is 5.92 Å². The van der Waals surface area contributed by atoms with E-state index in [-0.39, 0.29) is 0 Å². The molecule has 1 fully saturated rings. The second-order valence-electron chi connectivity index (χ2n) is 6.00. The van der Waals surface area contributed by atoms with E-state index in [1.165, 1.54) is 18.4 Å². The van der Waals surface area contributed by atoms with E-state index in [0.29, 0.717) is 13.2 Å². The van der Waals surface area contributed by atoms with Gasteiger partial charge in [-0.3, -0.25) is 0 Å². The fourth-order valence-corrected chi connectivity index (χ4v) is 3.06. The van der Waals surface area contributed by atoms with E-state index < -0.39 is 0 Å². The SMILES string of the molecule is Brc1cc(CNCCCOCC2CC2)cc2c1OCCCO2. The minimum Gasteiger partial charge on any atom is -0.490 e. The second-order valence-corrected chi connectivity index (χ2v) is 6.86. The minimum atomic E-state index is 0.712. The van der Waals surface area contributed by atoms with Crippen LogP contribution in [0.3, 0.4) is 0 Å². The lowest BCUT2D eigenvalue weighted by Gasteiger charge is -2.12. The van der Waals surface area contributed by atoms with Gasteiger partial charge in [0, 0.05) is 26.2 Å². The van der Waals surface area contributed by atoms with Gasteiger partial charge in [0.2, 0.25) is 0 Å². The fraction of sp³-hybridized carbons (Fsp3) is 0.647. The summed E-state index contributed by atoms with van der Waals surface area (Å²) < 4.78 is 18.1. The molecule has 0 unspecified atom stereocenters. The van der Waals surface area contributed by atoms with Crippen LogP contribution >= 0.6 is 15.9 Å². The molecule has 4 nitrogen and oxygen atoms in total. The highest BCUT2D eigenvalue weighted by Crippen LogP contribution is 2.38. The normalized spacial score (nSPS) is 17.3. The lowest BCUT2D eigenvalue weighted by molar-refractivity contribution is 0.122. The molecule has 3 rings (SSSR count). The molecule has 0 amide bonds. The van der Waals surface area contributed by atoms with Gasteiger partial charge in [-0.2, -0.15) is 0 Å². The Labute approximate surface area is 140 Å². The van der Waals surface area contributed by atoms with Gasteiger partial charge in [0.05, 0.1) is 17.7 Å². The van der Waals surface area contributed by atoms with Gasteiger partial charge in [0.1, 0.15) is 0 Å². The molecule has 22 heavy (non-hydrogen) atoms. The second kappa shape index (κ2) is 8.18. The maximum absolute atomic E-state index is 5.75. The highest BCUT2D eigenvalue weighted by Gasteiger charge is 2.20. The summed E-state index contributed by atoms with van der Waals surface area (Å²) in [5.41, 5.74) is 1.20. The summed E-state index contributed by atoms with van der Waals surface area (Å²) in [4.78, 5) is 0. The Bertz CT molecular complexity index is 491. The fourth-order valence-electron chi connectivity index (χ4n) is 2.45. The van der Waals surface area contributed by atoms with E-state index >= 15 is 0 Å². The Hall–Kier alpha value is -0.780. The third-order valence-electron chi connectivity index (χ3n) is 3.88. The van der Waals surface area contributed by atoms with Crippen LogP contribution < -0.4 is 14.8 Å². The first kappa shape index (κ1) is 16.1. The first-order valence-corrected chi connectivity index (χ1v) is 8.99. The summed E-state index contributed by atoms with van der Waals surface area (Å²) in [5.74, 6) is 2.53. The van der Waals surface area contributed by atoms with E-state index in [1.54, 1.807) is 0 Å². The van der Waals surface area contributed by atoms with Gasteiger partial charge in [-0.25, -0.2) is 0 Å². The lowest BCUT2D eigenvalue weighted by atomic mass is 10.2. The van der Waals surface area contributed by atoms with E-state index in [1.807, 2.05) is 0 Å². The van der Waals surface area contributed by atoms with Gasteiger partial charge < -0.3 is 19.5 Å². The van der Waals surface area contributed by atoms with Crippen molar-refractivity contribution in [1.82, 2.24) is 5.32 Å². The van der Waals surface area contributed by atoms with Gasteiger partial charge in [-0.15, -0.1) is 0 Å². The highest BCUT2D eigenvalue weighted by atomic mass is 79.9. The monoisotopic (exact) mass is 369 g/mol. The summed E-state index contributed by atoms with van der Waals surface area (Å²) in [7, 11) is 0. The molecular formula is C17H24BrNO3. The lowest BCUT2D eigenvalue weighted by Crippen LogP contribution is -2.16. The van der Waals surface area contributed by atoms with Crippen LogP contribution in [0.25, 0.3) is 0 Å². The van der Waals surface area contributed by atoms with Crippen molar-refractivity contribution in [3.05, 3.63) is 22.2 Å². The quantitative estimate of drug-likeness (QED) is 0.711. The minimum absolute atomic E-state index is 0.712.